The van der Waals surface area contributed by atoms with Gasteiger partial charge in [-0.05, 0) is 47.5 Å². The Morgan fingerprint density at radius 3 is 1.19 bits per heavy atom. The second-order valence-corrected chi connectivity index (χ2v) is 8.88. The van der Waals surface area contributed by atoms with Gasteiger partial charge in [0.1, 0.15) is 24.7 Å². The maximum atomic E-state index is 5.95. The van der Waals surface area contributed by atoms with Crippen molar-refractivity contribution in [1.29, 1.82) is 0 Å². The molecular weight excluding hydrogens is 464 g/mol. The summed E-state index contributed by atoms with van der Waals surface area (Å²) < 4.78 is 39.7. The van der Waals surface area contributed by atoms with Crippen LogP contribution in [0.3, 0.4) is 0 Å². The molecule has 6 aliphatic rings. The Morgan fingerprint density at radius 2 is 0.806 bits per heavy atom. The molecule has 0 radical (unpaired) electrons. The summed E-state index contributed by atoms with van der Waals surface area (Å²) in [6.45, 7) is 8.94. The summed E-state index contributed by atoms with van der Waals surface area (Å²) in [6, 6.07) is 12.7. The molecule has 0 atom stereocenters. The van der Waals surface area contributed by atoms with E-state index in [4.69, 9.17) is 33.2 Å². The lowest BCUT2D eigenvalue weighted by Gasteiger charge is -2.44. The molecule has 9 heteroatoms. The first-order chi connectivity index (χ1) is 17.9. The van der Waals surface area contributed by atoms with E-state index < -0.39 is 0 Å². The first kappa shape index (κ1) is 25.1. The van der Waals surface area contributed by atoms with Crippen molar-refractivity contribution in [3.8, 4) is 11.5 Å². The van der Waals surface area contributed by atoms with E-state index >= 15 is 0 Å². The highest BCUT2D eigenvalue weighted by atomic mass is 16.6. The largest absolute Gasteiger partial charge is 0.491 e. The van der Waals surface area contributed by atoms with Crippen LogP contribution in [0, 0.1) is 0 Å². The minimum atomic E-state index is 0.506. The molecular formula is C27H36N2O7. The van der Waals surface area contributed by atoms with Gasteiger partial charge in [-0.25, -0.2) is 0 Å². The Hall–Kier alpha value is -2.56. The monoisotopic (exact) mass is 500 g/mol. The van der Waals surface area contributed by atoms with Crippen LogP contribution in [0.25, 0.3) is 0 Å². The molecule has 0 saturated carbocycles. The Kier molecular flexibility index (Phi) is 9.15. The summed E-state index contributed by atoms with van der Waals surface area (Å²) in [4.78, 5) is 4.81. The predicted molar refractivity (Wildman–Crippen MR) is 135 cm³/mol. The minimum Gasteiger partial charge on any atom is -0.491 e. The van der Waals surface area contributed by atoms with Crippen LogP contribution < -0.4 is 19.3 Å². The third kappa shape index (κ3) is 6.80. The van der Waals surface area contributed by atoms with E-state index in [0.717, 1.165) is 31.3 Å². The van der Waals surface area contributed by atoms with Gasteiger partial charge in [-0.1, -0.05) is 0 Å². The summed E-state index contributed by atoms with van der Waals surface area (Å²) in [5, 5.41) is 0. The molecule has 0 N–H and O–H groups in total. The van der Waals surface area contributed by atoms with Gasteiger partial charge in [-0.2, -0.15) is 0 Å². The van der Waals surface area contributed by atoms with Gasteiger partial charge in [0.2, 0.25) is 0 Å². The third-order valence-electron chi connectivity index (χ3n) is 6.33. The van der Waals surface area contributed by atoms with E-state index in [2.05, 4.69) is 34.1 Å². The van der Waals surface area contributed by atoms with Gasteiger partial charge < -0.3 is 43.0 Å². The van der Waals surface area contributed by atoms with E-state index in [1.165, 1.54) is 22.5 Å². The van der Waals surface area contributed by atoms with Crippen LogP contribution in [0.4, 0.5) is 11.4 Å². The van der Waals surface area contributed by atoms with Crippen molar-refractivity contribution in [3.05, 3.63) is 47.5 Å². The minimum absolute atomic E-state index is 0.506. The second kappa shape index (κ2) is 13.1. The topological polar surface area (TPSA) is 71.1 Å². The average molecular weight is 501 g/mol. The Morgan fingerprint density at radius 1 is 0.444 bits per heavy atom. The molecule has 9 nitrogen and oxygen atoms in total. The molecule has 0 aliphatic carbocycles. The summed E-state index contributed by atoms with van der Waals surface area (Å²) in [5.41, 5.74) is 5.07. The zero-order chi connectivity index (χ0) is 24.4. The molecule has 196 valence electrons. The highest BCUT2D eigenvalue weighted by Gasteiger charge is 2.29. The summed E-state index contributed by atoms with van der Waals surface area (Å²) in [5.74, 6) is 1.74. The zero-order valence-corrected chi connectivity index (χ0v) is 20.8. The molecule has 2 aromatic rings. The fourth-order valence-electron chi connectivity index (χ4n) is 4.63. The number of rotatable bonds is 0. The molecule has 0 unspecified atom stereocenters. The van der Waals surface area contributed by atoms with Crippen LogP contribution in [-0.2, 0) is 36.8 Å². The van der Waals surface area contributed by atoms with Crippen LogP contribution in [0.1, 0.15) is 11.1 Å². The number of hydrogen-bond acceptors (Lipinski definition) is 9. The summed E-state index contributed by atoms with van der Waals surface area (Å²) >= 11 is 0. The second-order valence-electron chi connectivity index (χ2n) is 8.88. The molecule has 36 heavy (non-hydrogen) atoms. The lowest BCUT2D eigenvalue weighted by Crippen LogP contribution is -2.46. The van der Waals surface area contributed by atoms with Gasteiger partial charge in [0.05, 0.1) is 72.7 Å². The molecule has 0 fully saturated rings. The first-order valence-electron chi connectivity index (χ1n) is 12.8. The number of fused-ring (bicyclic) bond motifs is 2. The van der Waals surface area contributed by atoms with Crippen molar-refractivity contribution < 1.29 is 33.2 Å². The van der Waals surface area contributed by atoms with Gasteiger partial charge >= 0.3 is 0 Å². The molecule has 6 heterocycles. The van der Waals surface area contributed by atoms with Crippen LogP contribution in [0.5, 0.6) is 11.5 Å². The fourth-order valence-corrected chi connectivity index (χ4v) is 4.63. The van der Waals surface area contributed by atoms with Crippen LogP contribution >= 0.6 is 0 Å². The first-order valence-corrected chi connectivity index (χ1v) is 12.8. The third-order valence-corrected chi connectivity index (χ3v) is 6.33. The lowest BCUT2D eigenvalue weighted by atomic mass is 10.0. The molecule has 0 aromatic heterocycles. The smallest absolute Gasteiger partial charge is 0.119 e. The van der Waals surface area contributed by atoms with Crippen LogP contribution in [-0.4, -0.2) is 86.0 Å². The normalized spacial score (nSPS) is 20.6. The van der Waals surface area contributed by atoms with Gasteiger partial charge in [-0.15, -0.1) is 0 Å². The number of nitrogens with zero attached hydrogens (tertiary/aromatic N) is 2. The molecule has 6 aliphatic heterocycles. The Labute approximate surface area is 212 Å². The van der Waals surface area contributed by atoms with Crippen molar-refractivity contribution in [1.82, 2.24) is 0 Å². The quantitative estimate of drug-likeness (QED) is 0.543. The van der Waals surface area contributed by atoms with E-state index in [-0.39, 0.29) is 0 Å². The van der Waals surface area contributed by atoms with E-state index in [1.54, 1.807) is 0 Å². The molecule has 8 rings (SSSR count). The molecule has 8 bridgehead atoms. The highest BCUT2D eigenvalue weighted by Crippen LogP contribution is 2.40. The molecule has 0 saturated heterocycles. The van der Waals surface area contributed by atoms with Gasteiger partial charge in [0.15, 0.2) is 0 Å². The number of anilines is 2. The van der Waals surface area contributed by atoms with Crippen molar-refractivity contribution in [3.63, 3.8) is 0 Å². The van der Waals surface area contributed by atoms with Crippen LogP contribution in [0.2, 0.25) is 0 Å². The fraction of sp³-hybridized carbons (Fsp3) is 0.556. The van der Waals surface area contributed by atoms with Gasteiger partial charge in [-0.3, -0.25) is 0 Å². The summed E-state index contributed by atoms with van der Waals surface area (Å²) in [7, 11) is 0. The molecule has 0 amide bonds. The number of hydrogen-bond donors (Lipinski definition) is 0. The van der Waals surface area contributed by atoms with Gasteiger partial charge in [0.25, 0.3) is 0 Å². The van der Waals surface area contributed by atoms with Gasteiger partial charge in [0, 0.05) is 24.5 Å². The SMILES string of the molecule is c1cc2c3cc1OCCOCCOCCOCCOCCOCCOc1ccc4c(c1)CN2CN4C3. The van der Waals surface area contributed by atoms with Crippen molar-refractivity contribution in [2.45, 2.75) is 13.1 Å². The molecule has 2 aromatic carbocycles. The highest BCUT2D eigenvalue weighted by molar-refractivity contribution is 5.69. The average Bonchev–Trinajstić information content (AvgIpc) is 2.89. The Bertz CT molecular complexity index is 898. The number of benzene rings is 2. The summed E-state index contributed by atoms with van der Waals surface area (Å²) in [6.07, 6.45) is 0. The molecule has 0 spiro atoms. The predicted octanol–water partition coefficient (Wildman–Crippen LogP) is 2.84. The standard InChI is InChI=1S/C27H36N2O7/c1-3-26-22-17-24(1)35-15-13-33-11-9-31-7-5-30-6-8-32-10-12-34-14-16-36-25-2-4-27-23(18-25)20-28(26)21-29(27)19-22/h1-4,17-18H,5-16,19-21H2. The Balaban J connectivity index is 1.20. The van der Waals surface area contributed by atoms with E-state index in [0.29, 0.717) is 79.3 Å². The van der Waals surface area contributed by atoms with Crippen molar-refractivity contribution in [2.24, 2.45) is 0 Å². The maximum Gasteiger partial charge on any atom is 0.119 e. The van der Waals surface area contributed by atoms with Crippen LogP contribution in [0.15, 0.2) is 36.4 Å². The lowest BCUT2D eigenvalue weighted by molar-refractivity contribution is -0.0141. The number of ether oxygens (including phenoxy) is 7. The van der Waals surface area contributed by atoms with Crippen molar-refractivity contribution >= 4 is 11.4 Å². The zero-order valence-electron chi connectivity index (χ0n) is 20.8. The van der Waals surface area contributed by atoms with E-state index in [9.17, 15) is 0 Å². The van der Waals surface area contributed by atoms with E-state index in [1.807, 2.05) is 12.1 Å². The maximum absolute atomic E-state index is 5.95. The van der Waals surface area contributed by atoms with Crippen molar-refractivity contribution in [2.75, 3.05) is 95.8 Å².